The summed E-state index contributed by atoms with van der Waals surface area (Å²) in [5.41, 5.74) is 0. The minimum Gasteiger partial charge on any atom is -0.488 e. The van der Waals surface area contributed by atoms with Crippen molar-refractivity contribution in [3.8, 4) is 5.75 Å². The number of carbonyl (C=O) groups is 1. The molecule has 1 aliphatic carbocycles. The molecule has 5 nitrogen and oxygen atoms in total. The molecular formula is C21H35N3O2+2. The molecule has 1 aromatic carbocycles. The molecule has 3 N–H and O–H groups in total. The van der Waals surface area contributed by atoms with Crippen molar-refractivity contribution in [1.29, 1.82) is 0 Å². The molecule has 1 saturated heterocycles. The van der Waals surface area contributed by atoms with Crippen molar-refractivity contribution in [3.05, 3.63) is 30.3 Å². The van der Waals surface area contributed by atoms with E-state index < -0.39 is 0 Å². The fraction of sp³-hybridized carbons (Fsp3) is 0.667. The number of para-hydroxylation sites is 1. The monoisotopic (exact) mass is 361 g/mol. The first-order valence-electron chi connectivity index (χ1n) is 10.3. The SMILES string of the molecule is C[C@H]1CCCC[C@@H]1NC(=O)C[NH+]1CC[NH+](CCOc2ccccc2)CC1. The van der Waals surface area contributed by atoms with E-state index in [1.165, 1.54) is 24.2 Å². The van der Waals surface area contributed by atoms with Gasteiger partial charge in [-0.2, -0.15) is 0 Å². The lowest BCUT2D eigenvalue weighted by Crippen LogP contribution is -3.28. The molecule has 1 amide bonds. The van der Waals surface area contributed by atoms with E-state index in [0.717, 1.165) is 51.5 Å². The summed E-state index contributed by atoms with van der Waals surface area (Å²) in [7, 11) is 0. The molecule has 0 radical (unpaired) electrons. The van der Waals surface area contributed by atoms with Gasteiger partial charge >= 0.3 is 0 Å². The van der Waals surface area contributed by atoms with Gasteiger partial charge in [0.2, 0.25) is 0 Å². The highest BCUT2D eigenvalue weighted by molar-refractivity contribution is 5.77. The van der Waals surface area contributed by atoms with Crippen LogP contribution in [0, 0.1) is 5.92 Å². The van der Waals surface area contributed by atoms with Crippen molar-refractivity contribution in [3.63, 3.8) is 0 Å². The lowest BCUT2D eigenvalue weighted by atomic mass is 9.86. The standard InChI is InChI=1S/C21H33N3O2/c1-18-7-5-6-10-20(18)22-21(25)17-24-13-11-23(12-14-24)15-16-26-19-8-3-2-4-9-19/h2-4,8-9,18,20H,5-7,10-17H2,1H3,(H,22,25)/p+2/t18-,20-/m0/s1. The van der Waals surface area contributed by atoms with Crippen LogP contribution in [-0.2, 0) is 4.79 Å². The molecule has 5 heteroatoms. The number of piperazine rings is 1. The zero-order chi connectivity index (χ0) is 18.2. The van der Waals surface area contributed by atoms with Crippen LogP contribution in [0.5, 0.6) is 5.75 Å². The zero-order valence-electron chi connectivity index (χ0n) is 16.1. The smallest absolute Gasteiger partial charge is 0.275 e. The maximum atomic E-state index is 12.4. The third-order valence-corrected chi connectivity index (χ3v) is 6.00. The Morgan fingerprint density at radius 1 is 1.08 bits per heavy atom. The van der Waals surface area contributed by atoms with E-state index in [2.05, 4.69) is 12.2 Å². The van der Waals surface area contributed by atoms with Gasteiger partial charge < -0.3 is 19.9 Å². The number of hydrogen-bond donors (Lipinski definition) is 3. The van der Waals surface area contributed by atoms with Crippen molar-refractivity contribution in [2.24, 2.45) is 5.92 Å². The van der Waals surface area contributed by atoms with Crippen LogP contribution < -0.4 is 19.9 Å². The van der Waals surface area contributed by atoms with Gasteiger partial charge in [0.25, 0.3) is 5.91 Å². The maximum absolute atomic E-state index is 12.4. The summed E-state index contributed by atoms with van der Waals surface area (Å²) in [6, 6.07) is 10.4. The number of carbonyl (C=O) groups excluding carboxylic acids is 1. The van der Waals surface area contributed by atoms with Gasteiger partial charge in [0.1, 0.15) is 45.1 Å². The number of amides is 1. The highest BCUT2D eigenvalue weighted by Gasteiger charge is 2.27. The first-order chi connectivity index (χ1) is 12.7. The normalized spacial score (nSPS) is 29.1. The quantitative estimate of drug-likeness (QED) is 0.616. The Labute approximate surface area is 157 Å². The second kappa shape index (κ2) is 9.93. The van der Waals surface area contributed by atoms with E-state index in [1.807, 2.05) is 30.3 Å². The van der Waals surface area contributed by atoms with E-state index in [9.17, 15) is 4.79 Å². The number of rotatable bonds is 7. The highest BCUT2D eigenvalue weighted by atomic mass is 16.5. The molecule has 3 rings (SSSR count). The predicted molar refractivity (Wildman–Crippen MR) is 103 cm³/mol. The fourth-order valence-electron chi connectivity index (χ4n) is 4.23. The molecule has 26 heavy (non-hydrogen) atoms. The first-order valence-corrected chi connectivity index (χ1v) is 10.3. The molecule has 2 fully saturated rings. The van der Waals surface area contributed by atoms with Gasteiger partial charge in [0, 0.05) is 6.04 Å². The minimum atomic E-state index is 0.245. The van der Waals surface area contributed by atoms with Gasteiger partial charge in [-0.3, -0.25) is 4.79 Å². The first kappa shape index (κ1) is 19.2. The third kappa shape index (κ3) is 5.99. The third-order valence-electron chi connectivity index (χ3n) is 6.00. The van der Waals surface area contributed by atoms with Crippen LogP contribution in [0.2, 0.25) is 0 Å². The van der Waals surface area contributed by atoms with Crippen molar-refractivity contribution in [2.45, 2.75) is 38.6 Å². The maximum Gasteiger partial charge on any atom is 0.275 e. The van der Waals surface area contributed by atoms with Crippen LogP contribution in [0.4, 0.5) is 0 Å². The highest BCUT2D eigenvalue weighted by Crippen LogP contribution is 2.23. The van der Waals surface area contributed by atoms with E-state index in [0.29, 0.717) is 18.5 Å². The summed E-state index contributed by atoms with van der Waals surface area (Å²) < 4.78 is 5.80. The molecule has 2 aliphatic rings. The summed E-state index contributed by atoms with van der Waals surface area (Å²) >= 11 is 0. The largest absolute Gasteiger partial charge is 0.488 e. The summed E-state index contributed by atoms with van der Waals surface area (Å²) in [5.74, 6) is 1.83. The van der Waals surface area contributed by atoms with Crippen LogP contribution in [0.1, 0.15) is 32.6 Å². The number of benzene rings is 1. The average Bonchev–Trinajstić information content (AvgIpc) is 2.66. The van der Waals surface area contributed by atoms with Crippen LogP contribution in [0.15, 0.2) is 30.3 Å². The van der Waals surface area contributed by atoms with Gasteiger partial charge in [-0.05, 0) is 30.9 Å². The van der Waals surface area contributed by atoms with E-state index in [4.69, 9.17) is 4.74 Å². The molecule has 0 aromatic heterocycles. The average molecular weight is 362 g/mol. The molecule has 0 bridgehead atoms. The zero-order valence-corrected chi connectivity index (χ0v) is 16.1. The Bertz CT molecular complexity index is 543. The Hall–Kier alpha value is -1.59. The van der Waals surface area contributed by atoms with Crippen molar-refractivity contribution < 1.29 is 19.3 Å². The Kier molecular flexibility index (Phi) is 7.32. The van der Waals surface area contributed by atoms with Gasteiger partial charge in [0.15, 0.2) is 6.54 Å². The van der Waals surface area contributed by atoms with Gasteiger partial charge in [-0.15, -0.1) is 0 Å². The molecule has 0 spiro atoms. The summed E-state index contributed by atoms with van der Waals surface area (Å²) in [6.07, 6.45) is 4.99. The number of hydrogen-bond acceptors (Lipinski definition) is 2. The molecule has 1 aliphatic heterocycles. The topological polar surface area (TPSA) is 47.2 Å². The second-order valence-electron chi connectivity index (χ2n) is 8.02. The Balaban J connectivity index is 1.30. The van der Waals surface area contributed by atoms with Crippen LogP contribution in [0.25, 0.3) is 0 Å². The number of ether oxygens (including phenoxy) is 1. The summed E-state index contributed by atoms with van der Waals surface area (Å²) in [5, 5.41) is 3.29. The molecule has 1 saturated carbocycles. The van der Waals surface area contributed by atoms with Crippen LogP contribution >= 0.6 is 0 Å². The molecule has 144 valence electrons. The van der Waals surface area contributed by atoms with E-state index in [1.54, 1.807) is 4.90 Å². The molecule has 0 unspecified atom stereocenters. The van der Waals surface area contributed by atoms with Gasteiger partial charge in [-0.1, -0.05) is 38.0 Å². The van der Waals surface area contributed by atoms with Gasteiger partial charge in [-0.25, -0.2) is 0 Å². The molecular weight excluding hydrogens is 326 g/mol. The van der Waals surface area contributed by atoms with Crippen LogP contribution in [-0.4, -0.2) is 57.8 Å². The fourth-order valence-corrected chi connectivity index (χ4v) is 4.23. The second-order valence-corrected chi connectivity index (χ2v) is 8.02. The van der Waals surface area contributed by atoms with E-state index >= 15 is 0 Å². The lowest BCUT2D eigenvalue weighted by Gasteiger charge is -2.32. The van der Waals surface area contributed by atoms with E-state index in [-0.39, 0.29) is 5.91 Å². The predicted octanol–water partition coefficient (Wildman–Crippen LogP) is -0.456. The minimum absolute atomic E-state index is 0.245. The van der Waals surface area contributed by atoms with Crippen molar-refractivity contribution >= 4 is 5.91 Å². The molecule has 2 atom stereocenters. The number of quaternary nitrogens is 2. The molecule has 1 aromatic rings. The Morgan fingerprint density at radius 2 is 1.77 bits per heavy atom. The molecule has 1 heterocycles. The summed E-state index contributed by atoms with van der Waals surface area (Å²) in [6.45, 7) is 9.11. The van der Waals surface area contributed by atoms with Crippen molar-refractivity contribution in [1.82, 2.24) is 5.32 Å². The van der Waals surface area contributed by atoms with Crippen LogP contribution in [0.3, 0.4) is 0 Å². The summed E-state index contributed by atoms with van der Waals surface area (Å²) in [4.78, 5) is 15.4. The lowest BCUT2D eigenvalue weighted by molar-refractivity contribution is -1.01. The Morgan fingerprint density at radius 3 is 2.50 bits per heavy atom. The van der Waals surface area contributed by atoms with Crippen molar-refractivity contribution in [2.75, 3.05) is 45.9 Å². The van der Waals surface area contributed by atoms with Gasteiger partial charge in [0.05, 0.1) is 0 Å². The number of nitrogens with one attached hydrogen (secondary N) is 3.